The summed E-state index contributed by atoms with van der Waals surface area (Å²) >= 11 is 0. The van der Waals surface area contributed by atoms with Gasteiger partial charge in [-0.25, -0.2) is 4.79 Å². The minimum Gasteiger partial charge on any atom is -0.478 e. The predicted molar refractivity (Wildman–Crippen MR) is 123 cm³/mol. The number of carboxylic acid groups (broad SMARTS) is 1. The molecule has 0 aliphatic carbocycles. The molecule has 1 aromatic rings. The van der Waals surface area contributed by atoms with Crippen molar-refractivity contribution in [3.05, 3.63) is 35.4 Å². The third-order valence-electron chi connectivity index (χ3n) is 7.08. The number of unbranched alkanes of at least 4 members (excludes halogenated alkanes) is 4. The molecule has 28 heavy (non-hydrogen) atoms. The monoisotopic (exact) mass is 420 g/mol. The first kappa shape index (κ1) is 23.4. The minimum atomic E-state index is -1.81. The molecule has 5 heteroatoms. The van der Waals surface area contributed by atoms with Crippen molar-refractivity contribution in [2.24, 2.45) is 0 Å². The Bertz CT molecular complexity index is 654. The normalized spacial score (nSPS) is 24.6. The second-order valence-electron chi connectivity index (χ2n) is 9.97. The first-order valence-corrected chi connectivity index (χ1v) is 17.7. The maximum Gasteiger partial charge on any atom is 0.335 e. The number of benzene rings is 1. The van der Waals surface area contributed by atoms with Crippen LogP contribution in [-0.4, -0.2) is 32.1 Å². The van der Waals surface area contributed by atoms with Crippen molar-refractivity contribution in [2.75, 3.05) is 0 Å². The topological polar surface area (TPSA) is 46.5 Å². The summed E-state index contributed by atoms with van der Waals surface area (Å²) in [6.45, 7) is 14.2. The predicted octanol–water partition coefficient (Wildman–Crippen LogP) is 6.93. The van der Waals surface area contributed by atoms with E-state index in [1.165, 1.54) is 50.1 Å². The SMILES string of the molecule is CCCCCCCC(c1ccc(C(=O)O)cc1)[Si]1(C)CCC(C)(C)O[Si]1(C)C. The summed E-state index contributed by atoms with van der Waals surface area (Å²) in [5.74, 6) is -0.844. The van der Waals surface area contributed by atoms with Gasteiger partial charge in [-0.3, -0.25) is 0 Å². The molecule has 3 nitrogen and oxygen atoms in total. The van der Waals surface area contributed by atoms with E-state index >= 15 is 0 Å². The van der Waals surface area contributed by atoms with Crippen LogP contribution in [0.2, 0.25) is 25.7 Å². The van der Waals surface area contributed by atoms with Crippen LogP contribution in [0.4, 0.5) is 0 Å². The van der Waals surface area contributed by atoms with Crippen molar-refractivity contribution >= 4 is 21.4 Å². The van der Waals surface area contributed by atoms with Gasteiger partial charge in [0.15, 0.2) is 7.83 Å². The molecule has 0 bridgehead atoms. The van der Waals surface area contributed by atoms with Crippen LogP contribution >= 0.6 is 0 Å². The van der Waals surface area contributed by atoms with Crippen LogP contribution in [0.15, 0.2) is 24.3 Å². The van der Waals surface area contributed by atoms with Gasteiger partial charge in [-0.1, -0.05) is 63.8 Å². The Labute approximate surface area is 173 Å². The van der Waals surface area contributed by atoms with Gasteiger partial charge in [0.25, 0.3) is 0 Å². The minimum absolute atomic E-state index is 0.00106. The van der Waals surface area contributed by atoms with Gasteiger partial charge in [0.05, 0.1) is 18.8 Å². The molecule has 0 radical (unpaired) electrons. The van der Waals surface area contributed by atoms with Crippen LogP contribution in [0.5, 0.6) is 0 Å². The third kappa shape index (κ3) is 5.36. The molecule has 0 spiro atoms. The lowest BCUT2D eigenvalue weighted by Gasteiger charge is -2.54. The maximum atomic E-state index is 11.3. The van der Waals surface area contributed by atoms with Crippen LogP contribution in [0.1, 0.15) is 87.2 Å². The first-order chi connectivity index (χ1) is 13.0. The van der Waals surface area contributed by atoms with Gasteiger partial charge in [-0.2, -0.15) is 0 Å². The number of aromatic carboxylic acids is 1. The highest BCUT2D eigenvalue weighted by atomic mass is 29.3. The molecule has 0 aromatic heterocycles. The second-order valence-corrected chi connectivity index (χ2v) is 24.3. The van der Waals surface area contributed by atoms with E-state index in [4.69, 9.17) is 4.43 Å². The van der Waals surface area contributed by atoms with Crippen molar-refractivity contribution in [3.8, 4) is 0 Å². The maximum absolute atomic E-state index is 11.3. The Hall–Kier alpha value is -0.916. The second kappa shape index (κ2) is 9.27. The fraction of sp³-hybridized carbons (Fsp3) is 0.696. The fourth-order valence-corrected chi connectivity index (χ4v) is 18.5. The van der Waals surface area contributed by atoms with Crippen LogP contribution in [0, 0.1) is 0 Å². The summed E-state index contributed by atoms with van der Waals surface area (Å²) in [4.78, 5) is 11.3. The molecule has 1 aromatic carbocycles. The van der Waals surface area contributed by atoms with E-state index in [0.29, 0.717) is 11.1 Å². The zero-order chi connectivity index (χ0) is 21.0. The van der Waals surface area contributed by atoms with Gasteiger partial charge in [-0.05, 0) is 63.0 Å². The highest BCUT2D eigenvalue weighted by Crippen LogP contribution is 2.47. The third-order valence-corrected chi connectivity index (χ3v) is 24.7. The molecule has 158 valence electrons. The van der Waals surface area contributed by atoms with E-state index < -0.39 is 21.4 Å². The zero-order valence-corrected chi connectivity index (χ0v) is 20.8. The summed E-state index contributed by atoms with van der Waals surface area (Å²) in [5.41, 5.74) is 2.30. The molecule has 1 heterocycles. The molecule has 2 unspecified atom stereocenters. The summed E-state index contributed by atoms with van der Waals surface area (Å²) in [7, 11) is -3.48. The summed E-state index contributed by atoms with van der Waals surface area (Å²) in [6, 6.07) is 9.08. The Kier molecular flexibility index (Phi) is 7.73. The van der Waals surface area contributed by atoms with Crippen molar-refractivity contribution in [1.82, 2.24) is 0 Å². The zero-order valence-electron chi connectivity index (χ0n) is 18.8. The van der Waals surface area contributed by atoms with E-state index in [1.54, 1.807) is 12.1 Å². The number of rotatable bonds is 9. The Morgan fingerprint density at radius 3 is 2.25 bits per heavy atom. The van der Waals surface area contributed by atoms with Crippen LogP contribution < -0.4 is 0 Å². The van der Waals surface area contributed by atoms with Crippen molar-refractivity contribution in [1.29, 1.82) is 0 Å². The molecule has 1 aliphatic heterocycles. The Morgan fingerprint density at radius 1 is 1.11 bits per heavy atom. The molecule has 2 rings (SSSR count). The fourth-order valence-electron chi connectivity index (χ4n) is 4.98. The number of carbonyl (C=O) groups is 1. The quantitative estimate of drug-likeness (QED) is 0.348. The van der Waals surface area contributed by atoms with Crippen LogP contribution in [0.3, 0.4) is 0 Å². The van der Waals surface area contributed by atoms with E-state index in [1.807, 2.05) is 0 Å². The Morgan fingerprint density at radius 2 is 1.71 bits per heavy atom. The Balaban J connectivity index is 2.30. The van der Waals surface area contributed by atoms with Crippen molar-refractivity contribution < 1.29 is 14.3 Å². The molecule has 1 N–H and O–H groups in total. The van der Waals surface area contributed by atoms with Gasteiger partial charge in [0.2, 0.25) is 0 Å². The van der Waals surface area contributed by atoms with Gasteiger partial charge >= 0.3 is 5.97 Å². The van der Waals surface area contributed by atoms with E-state index in [-0.39, 0.29) is 5.60 Å². The smallest absolute Gasteiger partial charge is 0.335 e. The molecule has 2 atom stereocenters. The van der Waals surface area contributed by atoms with Crippen LogP contribution in [-0.2, 0) is 4.43 Å². The molecule has 1 aliphatic rings. The van der Waals surface area contributed by atoms with Crippen molar-refractivity contribution in [2.45, 2.75) is 103 Å². The summed E-state index contributed by atoms with van der Waals surface area (Å²) in [6.07, 6.45) is 8.85. The number of hydrogen-bond acceptors (Lipinski definition) is 2. The average molecular weight is 421 g/mol. The molecule has 0 saturated carbocycles. The molecule has 1 fully saturated rings. The molecule has 0 amide bonds. The summed E-state index contributed by atoms with van der Waals surface area (Å²) in [5, 5.41) is 9.27. The van der Waals surface area contributed by atoms with Crippen molar-refractivity contribution in [3.63, 3.8) is 0 Å². The highest BCUT2D eigenvalue weighted by molar-refractivity contribution is 7.39. The largest absolute Gasteiger partial charge is 0.478 e. The average Bonchev–Trinajstić information content (AvgIpc) is 2.61. The molecule has 1 saturated heterocycles. The van der Waals surface area contributed by atoms with E-state index in [0.717, 1.165) is 6.42 Å². The standard InChI is InChI=1S/C23H40O3Si2/c1-7-8-9-10-11-12-21(19-13-15-20(16-14-19)22(24)25)28(6)18-17-23(2,3)26-27(28,4)5/h13-16,21H,7-12,17-18H2,1-6H3,(H,24,25). The number of carboxylic acids is 1. The first-order valence-electron chi connectivity index (χ1n) is 11.1. The lowest BCUT2D eigenvalue weighted by molar-refractivity contribution is 0.0696. The van der Waals surface area contributed by atoms with E-state index in [9.17, 15) is 9.90 Å². The molecular formula is C23H40O3Si2. The number of hydrogen-bond donors (Lipinski definition) is 1. The van der Waals surface area contributed by atoms with Gasteiger partial charge in [-0.15, -0.1) is 0 Å². The van der Waals surface area contributed by atoms with Gasteiger partial charge < -0.3 is 9.53 Å². The van der Waals surface area contributed by atoms with Gasteiger partial charge in [0, 0.05) is 0 Å². The molecular weight excluding hydrogens is 380 g/mol. The van der Waals surface area contributed by atoms with Crippen LogP contribution in [0.25, 0.3) is 0 Å². The van der Waals surface area contributed by atoms with Gasteiger partial charge in [0.1, 0.15) is 0 Å². The van der Waals surface area contributed by atoms with E-state index in [2.05, 4.69) is 52.5 Å². The lowest BCUT2D eigenvalue weighted by atomic mass is 10.0. The highest BCUT2D eigenvalue weighted by Gasteiger charge is 2.56. The lowest BCUT2D eigenvalue weighted by Crippen LogP contribution is -2.68. The summed E-state index contributed by atoms with van der Waals surface area (Å²) < 4.78 is 6.79.